The summed E-state index contributed by atoms with van der Waals surface area (Å²) in [6.07, 6.45) is -24.0. The zero-order valence-corrected chi connectivity index (χ0v) is 17.6. The zero-order valence-electron chi connectivity index (χ0n) is 17.6. The van der Waals surface area contributed by atoms with Gasteiger partial charge in [-0.2, -0.15) is 0 Å². The van der Waals surface area contributed by atoms with Gasteiger partial charge in [0.05, 0.1) is 19.3 Å². The van der Waals surface area contributed by atoms with E-state index in [9.17, 15) is 51.1 Å². The van der Waals surface area contributed by atoms with E-state index in [1.165, 1.54) is 6.92 Å². The molecule has 3 heterocycles. The topological polar surface area (TPSA) is 248 Å². The van der Waals surface area contributed by atoms with E-state index in [4.69, 9.17) is 23.7 Å². The first-order valence-corrected chi connectivity index (χ1v) is 10.4. The van der Waals surface area contributed by atoms with E-state index in [1.807, 2.05) is 0 Å². The Labute approximate surface area is 187 Å². The molecule has 6 unspecified atom stereocenters. The van der Waals surface area contributed by atoms with E-state index in [2.05, 4.69) is 0 Å². The van der Waals surface area contributed by atoms with Crippen LogP contribution in [0.25, 0.3) is 0 Å². The predicted molar refractivity (Wildman–Crippen MR) is 99.8 cm³/mol. The van der Waals surface area contributed by atoms with E-state index in [-0.39, 0.29) is 0 Å². The highest BCUT2D eigenvalue weighted by Gasteiger charge is 2.53. The molecular formula is C18H32O15. The van der Waals surface area contributed by atoms with Crippen LogP contribution in [0.3, 0.4) is 0 Å². The van der Waals surface area contributed by atoms with Gasteiger partial charge in [0.25, 0.3) is 0 Å². The highest BCUT2D eigenvalue weighted by molar-refractivity contribution is 4.96. The first-order valence-electron chi connectivity index (χ1n) is 10.4. The van der Waals surface area contributed by atoms with Gasteiger partial charge in [-0.25, -0.2) is 0 Å². The average molecular weight is 488 g/mol. The molecule has 0 aliphatic carbocycles. The largest absolute Gasteiger partial charge is 0.394 e. The molecule has 0 spiro atoms. The number of hydrogen-bond donors (Lipinski definition) is 10. The molecular weight excluding hydrogens is 456 g/mol. The molecule has 15 atom stereocenters. The van der Waals surface area contributed by atoms with E-state index in [1.54, 1.807) is 0 Å². The fourth-order valence-corrected chi connectivity index (χ4v) is 3.99. The Bertz CT molecular complexity index is 624. The molecule has 3 aliphatic heterocycles. The van der Waals surface area contributed by atoms with Crippen molar-refractivity contribution in [1.29, 1.82) is 0 Å². The van der Waals surface area contributed by atoms with Gasteiger partial charge in [-0.15, -0.1) is 0 Å². The molecule has 15 heteroatoms. The van der Waals surface area contributed by atoms with Crippen LogP contribution in [0.5, 0.6) is 0 Å². The van der Waals surface area contributed by atoms with E-state index in [0.29, 0.717) is 0 Å². The van der Waals surface area contributed by atoms with Crippen LogP contribution in [0.4, 0.5) is 0 Å². The molecule has 0 bridgehead atoms. The molecule has 3 fully saturated rings. The third-order valence-corrected chi connectivity index (χ3v) is 6.05. The quantitative estimate of drug-likeness (QED) is 0.167. The van der Waals surface area contributed by atoms with Crippen molar-refractivity contribution in [2.45, 2.75) is 99.0 Å². The Morgan fingerprint density at radius 3 is 1.64 bits per heavy atom. The van der Waals surface area contributed by atoms with Crippen molar-refractivity contribution in [2.24, 2.45) is 0 Å². The number of hydrogen-bond acceptors (Lipinski definition) is 15. The Kier molecular flexibility index (Phi) is 8.99. The molecule has 10 N–H and O–H groups in total. The fraction of sp³-hybridized carbons (Fsp3) is 1.00. The van der Waals surface area contributed by atoms with Gasteiger partial charge in [0.2, 0.25) is 0 Å². The summed E-state index contributed by atoms with van der Waals surface area (Å²) in [5.74, 6) is 0. The van der Waals surface area contributed by atoms with Crippen LogP contribution in [-0.4, -0.2) is 156 Å². The van der Waals surface area contributed by atoms with Gasteiger partial charge in [0.15, 0.2) is 18.9 Å². The Hall–Kier alpha value is -0.600. The van der Waals surface area contributed by atoms with Crippen LogP contribution >= 0.6 is 0 Å². The number of ether oxygens (including phenoxy) is 5. The van der Waals surface area contributed by atoms with Gasteiger partial charge in [-0.1, -0.05) is 0 Å². The smallest absolute Gasteiger partial charge is 0.187 e. The number of aliphatic hydroxyl groups excluding tert-OH is 10. The molecule has 3 saturated heterocycles. The fourth-order valence-electron chi connectivity index (χ4n) is 3.99. The number of aliphatic hydroxyl groups is 10. The molecule has 0 saturated carbocycles. The van der Waals surface area contributed by atoms with Crippen molar-refractivity contribution >= 4 is 0 Å². The summed E-state index contributed by atoms with van der Waals surface area (Å²) in [6, 6.07) is 0. The lowest BCUT2D eigenvalue weighted by atomic mass is 9.96. The second-order valence-corrected chi connectivity index (χ2v) is 8.32. The molecule has 15 nitrogen and oxygen atoms in total. The van der Waals surface area contributed by atoms with Crippen molar-refractivity contribution in [3.8, 4) is 0 Å². The van der Waals surface area contributed by atoms with Crippen molar-refractivity contribution in [3.05, 3.63) is 0 Å². The van der Waals surface area contributed by atoms with Crippen LogP contribution in [-0.2, 0) is 23.7 Å². The van der Waals surface area contributed by atoms with E-state index < -0.39 is 105 Å². The zero-order chi connectivity index (χ0) is 24.6. The minimum Gasteiger partial charge on any atom is -0.394 e. The van der Waals surface area contributed by atoms with Crippen LogP contribution in [0.1, 0.15) is 6.92 Å². The summed E-state index contributed by atoms with van der Waals surface area (Å²) in [6.45, 7) is -0.127. The summed E-state index contributed by atoms with van der Waals surface area (Å²) in [4.78, 5) is 0. The summed E-state index contributed by atoms with van der Waals surface area (Å²) in [7, 11) is 0. The standard InChI is InChI=1S/C18H32O15/c1-4-7(21)9(23)11(25)17(29-4)33-15-13(27)16(28)30-6(3-20)14(15)32-18-12(26)10(24)8(22)5(2-19)31-18/h4-28H,2-3H2,1H3/t4?,5?,6?,7-,8+,9-,10-,11?,12?,13?,14+,15+,16+,17+,18+/m1/s1. The first-order chi connectivity index (χ1) is 15.5. The molecule has 194 valence electrons. The second kappa shape index (κ2) is 11.0. The van der Waals surface area contributed by atoms with Crippen molar-refractivity contribution in [1.82, 2.24) is 0 Å². The van der Waals surface area contributed by atoms with E-state index >= 15 is 0 Å². The summed E-state index contributed by atoms with van der Waals surface area (Å²) < 4.78 is 26.9. The van der Waals surface area contributed by atoms with Gasteiger partial charge in [0.1, 0.15) is 67.1 Å². The lowest BCUT2D eigenvalue weighted by Gasteiger charge is -2.48. The minimum atomic E-state index is -1.88. The molecule has 0 aromatic heterocycles. The minimum absolute atomic E-state index is 0.739. The Morgan fingerprint density at radius 1 is 0.545 bits per heavy atom. The highest BCUT2D eigenvalue weighted by atomic mass is 16.8. The average Bonchev–Trinajstić information content (AvgIpc) is 2.80. The maximum Gasteiger partial charge on any atom is 0.187 e. The van der Waals surface area contributed by atoms with Gasteiger partial charge < -0.3 is 74.7 Å². The normalized spacial score (nSPS) is 53.7. The van der Waals surface area contributed by atoms with Crippen LogP contribution in [0.15, 0.2) is 0 Å². The van der Waals surface area contributed by atoms with Crippen LogP contribution in [0, 0.1) is 0 Å². The predicted octanol–water partition coefficient (Wildman–Crippen LogP) is -6.55. The molecule has 33 heavy (non-hydrogen) atoms. The monoisotopic (exact) mass is 488 g/mol. The van der Waals surface area contributed by atoms with E-state index in [0.717, 1.165) is 0 Å². The Balaban J connectivity index is 1.83. The van der Waals surface area contributed by atoms with Crippen LogP contribution < -0.4 is 0 Å². The van der Waals surface area contributed by atoms with Gasteiger partial charge >= 0.3 is 0 Å². The second-order valence-electron chi connectivity index (χ2n) is 8.32. The van der Waals surface area contributed by atoms with Gasteiger partial charge in [0, 0.05) is 0 Å². The molecule has 3 rings (SSSR count). The lowest BCUT2D eigenvalue weighted by molar-refractivity contribution is -0.382. The van der Waals surface area contributed by atoms with Crippen molar-refractivity contribution in [3.63, 3.8) is 0 Å². The molecule has 3 aliphatic rings. The summed E-state index contributed by atoms with van der Waals surface area (Å²) >= 11 is 0. The molecule has 0 radical (unpaired) electrons. The lowest BCUT2D eigenvalue weighted by Crippen LogP contribution is -2.66. The van der Waals surface area contributed by atoms with Crippen molar-refractivity contribution in [2.75, 3.05) is 13.2 Å². The van der Waals surface area contributed by atoms with Gasteiger partial charge in [-0.05, 0) is 6.92 Å². The van der Waals surface area contributed by atoms with Gasteiger partial charge in [-0.3, -0.25) is 0 Å². The molecule has 0 aromatic rings. The van der Waals surface area contributed by atoms with Crippen LogP contribution in [0.2, 0.25) is 0 Å². The maximum atomic E-state index is 10.5. The Morgan fingerprint density at radius 2 is 1.06 bits per heavy atom. The third kappa shape index (κ3) is 5.32. The SMILES string of the molecule is CC1O[C@@H](O[C@H]2C(O)[C@@H](O)OC(CO)[C@@H]2O[C@@H]2OC(CO)[C@H](O)[C@@H](O)C2O)C(O)[C@H](O)[C@@H]1O. The summed E-state index contributed by atoms with van der Waals surface area (Å²) in [5.41, 5.74) is 0. The highest BCUT2D eigenvalue weighted by Crippen LogP contribution is 2.32. The van der Waals surface area contributed by atoms with Crippen molar-refractivity contribution < 1.29 is 74.7 Å². The molecule has 0 amide bonds. The third-order valence-electron chi connectivity index (χ3n) is 6.05. The first kappa shape index (κ1) is 27.0. The molecule has 0 aromatic carbocycles. The maximum absolute atomic E-state index is 10.5. The number of rotatable bonds is 6. The summed E-state index contributed by atoms with van der Waals surface area (Å²) in [5, 5.41) is 99.8.